The van der Waals surface area contributed by atoms with Crippen LogP contribution < -0.4 is 0 Å². The van der Waals surface area contributed by atoms with Gasteiger partial charge < -0.3 is 9.64 Å². The molecule has 0 bridgehead atoms. The Hall–Kier alpha value is -2.13. The molecule has 3 heteroatoms. The SMILES string of the molecule is COC(=O)[C@@H]1CCCC[C@]12CCN(CCC(c1ccccc1)c1ccccc1)C2. The molecule has 1 heterocycles. The first-order valence-corrected chi connectivity index (χ1v) is 11.1. The summed E-state index contributed by atoms with van der Waals surface area (Å²) in [4.78, 5) is 15.0. The Bertz CT molecular complexity index is 751. The third-order valence-electron chi connectivity index (χ3n) is 7.24. The van der Waals surface area contributed by atoms with Crippen molar-refractivity contribution in [2.75, 3.05) is 26.7 Å². The minimum absolute atomic E-state index is 0.0120. The fourth-order valence-corrected chi connectivity index (χ4v) is 5.69. The molecule has 1 aliphatic heterocycles. The van der Waals surface area contributed by atoms with Crippen molar-refractivity contribution >= 4 is 5.97 Å². The van der Waals surface area contributed by atoms with E-state index in [0.717, 1.165) is 45.3 Å². The summed E-state index contributed by atoms with van der Waals surface area (Å²) in [6.07, 6.45) is 6.81. The molecule has 1 spiro atoms. The summed E-state index contributed by atoms with van der Waals surface area (Å²) in [5.74, 6) is 0.514. The van der Waals surface area contributed by atoms with E-state index in [1.165, 1.54) is 24.0 Å². The van der Waals surface area contributed by atoms with Crippen molar-refractivity contribution in [2.24, 2.45) is 11.3 Å². The summed E-state index contributed by atoms with van der Waals surface area (Å²) in [5, 5.41) is 0. The Balaban J connectivity index is 1.45. The van der Waals surface area contributed by atoms with E-state index < -0.39 is 0 Å². The highest BCUT2D eigenvalue weighted by Crippen LogP contribution is 2.48. The molecule has 0 N–H and O–H groups in total. The van der Waals surface area contributed by atoms with Crippen LogP contribution in [0.5, 0.6) is 0 Å². The number of carbonyl (C=O) groups is 1. The number of benzene rings is 2. The van der Waals surface area contributed by atoms with Crippen LogP contribution in [0.3, 0.4) is 0 Å². The molecule has 2 atom stereocenters. The molecule has 4 rings (SSSR count). The summed E-state index contributed by atoms with van der Waals surface area (Å²) in [7, 11) is 1.54. The number of likely N-dealkylation sites (tertiary alicyclic amines) is 1. The van der Waals surface area contributed by atoms with Crippen molar-refractivity contribution in [3.05, 3.63) is 71.8 Å². The molecule has 1 aliphatic carbocycles. The molecule has 1 saturated heterocycles. The first-order valence-electron chi connectivity index (χ1n) is 11.1. The highest BCUT2D eigenvalue weighted by Gasteiger charge is 2.49. The van der Waals surface area contributed by atoms with Gasteiger partial charge in [0.1, 0.15) is 0 Å². The van der Waals surface area contributed by atoms with Crippen LogP contribution in [0.1, 0.15) is 55.6 Å². The zero-order chi connectivity index (χ0) is 20.1. The second-order valence-corrected chi connectivity index (χ2v) is 8.87. The highest BCUT2D eigenvalue weighted by molar-refractivity contribution is 5.73. The smallest absolute Gasteiger partial charge is 0.309 e. The number of hydrogen-bond acceptors (Lipinski definition) is 3. The zero-order valence-electron chi connectivity index (χ0n) is 17.6. The van der Waals surface area contributed by atoms with Gasteiger partial charge in [-0.15, -0.1) is 0 Å². The van der Waals surface area contributed by atoms with E-state index in [1.54, 1.807) is 7.11 Å². The first-order chi connectivity index (χ1) is 14.2. The quantitative estimate of drug-likeness (QED) is 0.629. The maximum atomic E-state index is 12.4. The zero-order valence-corrected chi connectivity index (χ0v) is 17.6. The largest absolute Gasteiger partial charge is 0.469 e. The number of carbonyl (C=O) groups excluding carboxylic acids is 1. The Kier molecular flexibility index (Phi) is 6.34. The predicted molar refractivity (Wildman–Crippen MR) is 117 cm³/mol. The van der Waals surface area contributed by atoms with Crippen LogP contribution in [0.2, 0.25) is 0 Å². The molecule has 0 amide bonds. The monoisotopic (exact) mass is 391 g/mol. The van der Waals surface area contributed by atoms with E-state index in [-0.39, 0.29) is 17.3 Å². The lowest BCUT2D eigenvalue weighted by atomic mass is 9.65. The van der Waals surface area contributed by atoms with Crippen molar-refractivity contribution in [2.45, 2.75) is 44.4 Å². The predicted octanol–water partition coefficient (Wildman–Crippen LogP) is 5.26. The molecule has 0 unspecified atom stereocenters. The summed E-state index contributed by atoms with van der Waals surface area (Å²) in [6, 6.07) is 21.7. The molecule has 29 heavy (non-hydrogen) atoms. The molecular weight excluding hydrogens is 358 g/mol. The van der Waals surface area contributed by atoms with Crippen molar-refractivity contribution in [3.8, 4) is 0 Å². The second-order valence-electron chi connectivity index (χ2n) is 8.87. The van der Waals surface area contributed by atoms with E-state index in [9.17, 15) is 4.79 Å². The maximum absolute atomic E-state index is 12.4. The maximum Gasteiger partial charge on any atom is 0.309 e. The van der Waals surface area contributed by atoms with Gasteiger partial charge in [0.25, 0.3) is 0 Å². The van der Waals surface area contributed by atoms with Gasteiger partial charge in [0.15, 0.2) is 0 Å². The number of nitrogens with zero attached hydrogens (tertiary/aromatic N) is 1. The van der Waals surface area contributed by atoms with Crippen molar-refractivity contribution < 1.29 is 9.53 Å². The lowest BCUT2D eigenvalue weighted by Crippen LogP contribution is -2.41. The topological polar surface area (TPSA) is 29.5 Å². The lowest BCUT2D eigenvalue weighted by molar-refractivity contribution is -0.152. The fourth-order valence-electron chi connectivity index (χ4n) is 5.69. The normalized spacial score (nSPS) is 24.8. The Morgan fingerprint density at radius 2 is 1.69 bits per heavy atom. The standard InChI is InChI=1S/C26H33NO2/c1-29-25(28)24-14-8-9-16-26(24)17-19-27(20-26)18-15-23(21-10-4-2-5-11-21)22-12-6-3-7-13-22/h2-7,10-13,23-24H,8-9,14-20H2,1H3/t24-,26+/m0/s1. The number of hydrogen-bond donors (Lipinski definition) is 0. The summed E-state index contributed by atoms with van der Waals surface area (Å²) in [5.41, 5.74) is 2.91. The molecule has 0 aromatic heterocycles. The average Bonchev–Trinajstić information content (AvgIpc) is 3.18. The van der Waals surface area contributed by atoms with Gasteiger partial charge in [0.05, 0.1) is 13.0 Å². The van der Waals surface area contributed by atoms with Gasteiger partial charge in [-0.1, -0.05) is 73.5 Å². The number of esters is 1. The number of methoxy groups -OCH3 is 1. The summed E-state index contributed by atoms with van der Waals surface area (Å²) >= 11 is 0. The second kappa shape index (κ2) is 9.13. The van der Waals surface area contributed by atoms with Crippen LogP contribution in [0.15, 0.2) is 60.7 Å². The van der Waals surface area contributed by atoms with Gasteiger partial charge in [-0.2, -0.15) is 0 Å². The molecule has 2 aromatic carbocycles. The van der Waals surface area contributed by atoms with Gasteiger partial charge in [0.2, 0.25) is 0 Å². The van der Waals surface area contributed by atoms with Crippen molar-refractivity contribution in [3.63, 3.8) is 0 Å². The van der Waals surface area contributed by atoms with Crippen LogP contribution in [-0.2, 0) is 9.53 Å². The molecular formula is C26H33NO2. The van der Waals surface area contributed by atoms with Gasteiger partial charge in [-0.05, 0) is 55.3 Å². The van der Waals surface area contributed by atoms with E-state index in [0.29, 0.717) is 5.92 Å². The highest BCUT2D eigenvalue weighted by atomic mass is 16.5. The van der Waals surface area contributed by atoms with Crippen molar-refractivity contribution in [1.82, 2.24) is 4.90 Å². The number of ether oxygens (including phenoxy) is 1. The molecule has 0 radical (unpaired) electrons. The number of rotatable bonds is 6. The average molecular weight is 392 g/mol. The lowest BCUT2D eigenvalue weighted by Gasteiger charge is -2.39. The molecule has 3 nitrogen and oxygen atoms in total. The molecule has 2 aromatic rings. The van der Waals surface area contributed by atoms with Gasteiger partial charge >= 0.3 is 5.97 Å². The Morgan fingerprint density at radius 3 is 2.31 bits per heavy atom. The minimum atomic E-state index is 0.0120. The molecule has 1 saturated carbocycles. The van der Waals surface area contributed by atoms with Gasteiger partial charge in [0, 0.05) is 12.5 Å². The molecule has 2 aliphatic rings. The summed E-state index contributed by atoms with van der Waals surface area (Å²) < 4.78 is 5.17. The van der Waals surface area contributed by atoms with E-state index in [4.69, 9.17) is 4.74 Å². The van der Waals surface area contributed by atoms with Crippen molar-refractivity contribution in [1.29, 1.82) is 0 Å². The third-order valence-corrected chi connectivity index (χ3v) is 7.24. The first kappa shape index (κ1) is 20.2. The minimum Gasteiger partial charge on any atom is -0.469 e. The van der Waals surface area contributed by atoms with Crippen LogP contribution in [0, 0.1) is 11.3 Å². The van der Waals surface area contributed by atoms with E-state index in [1.807, 2.05) is 0 Å². The molecule has 2 fully saturated rings. The van der Waals surface area contributed by atoms with E-state index >= 15 is 0 Å². The summed E-state index contributed by atoms with van der Waals surface area (Å²) in [6.45, 7) is 3.22. The van der Waals surface area contributed by atoms with Crippen LogP contribution in [-0.4, -0.2) is 37.6 Å². The van der Waals surface area contributed by atoms with Crippen LogP contribution in [0.25, 0.3) is 0 Å². The Labute approximate surface area is 175 Å². The van der Waals surface area contributed by atoms with Gasteiger partial charge in [-0.25, -0.2) is 0 Å². The van der Waals surface area contributed by atoms with E-state index in [2.05, 4.69) is 65.6 Å². The fraction of sp³-hybridized carbons (Fsp3) is 0.500. The third kappa shape index (κ3) is 4.40. The molecule has 154 valence electrons. The van der Waals surface area contributed by atoms with Crippen LogP contribution >= 0.6 is 0 Å². The van der Waals surface area contributed by atoms with Crippen LogP contribution in [0.4, 0.5) is 0 Å². The van der Waals surface area contributed by atoms with Gasteiger partial charge in [-0.3, -0.25) is 4.79 Å². The Morgan fingerprint density at radius 1 is 1.03 bits per heavy atom.